The first-order valence-electron chi connectivity index (χ1n) is 8.72. The molecule has 1 saturated heterocycles. The maximum atomic E-state index is 13.2. The van der Waals surface area contributed by atoms with E-state index in [2.05, 4.69) is 4.98 Å². The van der Waals surface area contributed by atoms with Crippen LogP contribution in [0, 0.1) is 12.3 Å². The Hall–Kier alpha value is -2.84. The molecule has 1 N–H and O–H groups in total. The van der Waals surface area contributed by atoms with Gasteiger partial charge in [0.2, 0.25) is 5.91 Å². The molecule has 1 aliphatic heterocycles. The maximum absolute atomic E-state index is 13.2. The number of nitrogens with zero attached hydrogens (tertiary/aromatic N) is 2. The van der Waals surface area contributed by atoms with Crippen molar-refractivity contribution in [2.24, 2.45) is 5.41 Å². The van der Waals surface area contributed by atoms with Gasteiger partial charge in [0.1, 0.15) is 0 Å². The lowest BCUT2D eigenvalue weighted by Crippen LogP contribution is -2.47. The molecular weight excluding hydrogens is 377 g/mol. The number of benzene rings is 1. The summed E-state index contributed by atoms with van der Waals surface area (Å²) in [7, 11) is 0. The van der Waals surface area contributed by atoms with Gasteiger partial charge in [0.05, 0.1) is 6.20 Å². The Morgan fingerprint density at radius 3 is 2.54 bits per heavy atom. The molecule has 1 fully saturated rings. The molecule has 9 heteroatoms. The van der Waals surface area contributed by atoms with Crippen molar-refractivity contribution in [2.75, 3.05) is 13.1 Å². The van der Waals surface area contributed by atoms with Gasteiger partial charge in [0.25, 0.3) is 0 Å². The molecule has 0 radical (unpaired) electrons. The number of carboxylic acids is 1. The fourth-order valence-corrected chi connectivity index (χ4v) is 3.20. The van der Waals surface area contributed by atoms with Gasteiger partial charge in [-0.1, -0.05) is 29.8 Å². The second kappa shape index (κ2) is 7.29. The Bertz CT molecular complexity index is 876. The van der Waals surface area contributed by atoms with E-state index in [1.165, 1.54) is 6.20 Å². The number of hydrogen-bond donors (Lipinski definition) is 1. The minimum absolute atomic E-state index is 0.110. The SMILES string of the molecule is Cc1ccc(-c2cnc(CCC(=O)N3CCC(C(=O)O)(C(F)(F)F)C3)o2)cc1. The number of likely N-dealkylation sites (tertiary alicyclic amines) is 1. The number of hydrogen-bond acceptors (Lipinski definition) is 4. The molecule has 3 rings (SSSR count). The van der Waals surface area contributed by atoms with Crippen LogP contribution in [-0.2, 0) is 16.0 Å². The minimum atomic E-state index is -4.92. The summed E-state index contributed by atoms with van der Waals surface area (Å²) in [6, 6.07) is 7.59. The van der Waals surface area contributed by atoms with Gasteiger partial charge in [0.15, 0.2) is 17.1 Å². The minimum Gasteiger partial charge on any atom is -0.481 e. The first-order valence-corrected chi connectivity index (χ1v) is 8.72. The molecule has 1 aliphatic rings. The van der Waals surface area contributed by atoms with Crippen LogP contribution in [0.25, 0.3) is 11.3 Å². The van der Waals surface area contributed by atoms with Gasteiger partial charge < -0.3 is 14.4 Å². The van der Waals surface area contributed by atoms with E-state index in [0.29, 0.717) is 11.7 Å². The van der Waals surface area contributed by atoms with Gasteiger partial charge in [-0.25, -0.2) is 4.98 Å². The summed E-state index contributed by atoms with van der Waals surface area (Å²) in [6.45, 7) is 0.840. The summed E-state index contributed by atoms with van der Waals surface area (Å²) < 4.78 is 45.2. The fraction of sp³-hybridized carbons (Fsp3) is 0.421. The Morgan fingerprint density at radius 2 is 1.96 bits per heavy atom. The Kier molecular flexibility index (Phi) is 5.18. The van der Waals surface area contributed by atoms with Crippen molar-refractivity contribution in [1.82, 2.24) is 9.88 Å². The summed E-state index contributed by atoms with van der Waals surface area (Å²) in [6.07, 6.45) is -4.03. The van der Waals surface area contributed by atoms with Crippen LogP contribution in [-0.4, -0.2) is 46.1 Å². The standard InChI is InChI=1S/C19H19F3N2O4/c1-12-2-4-13(5-3-12)14-10-23-15(28-14)6-7-16(25)24-9-8-18(11-24,17(26)27)19(20,21)22/h2-5,10H,6-9,11H2,1H3,(H,26,27). The molecule has 150 valence electrons. The van der Waals surface area contributed by atoms with Crippen LogP contribution >= 0.6 is 0 Å². The quantitative estimate of drug-likeness (QED) is 0.837. The molecule has 2 heterocycles. The zero-order valence-electron chi connectivity index (χ0n) is 15.1. The third kappa shape index (κ3) is 3.74. The molecule has 1 aromatic heterocycles. The largest absolute Gasteiger partial charge is 0.481 e. The van der Waals surface area contributed by atoms with Crippen LogP contribution in [0.5, 0.6) is 0 Å². The smallest absolute Gasteiger partial charge is 0.406 e. The Labute approximate surface area is 159 Å². The molecular formula is C19H19F3N2O4. The van der Waals surface area contributed by atoms with E-state index in [4.69, 9.17) is 9.52 Å². The van der Waals surface area contributed by atoms with E-state index >= 15 is 0 Å². The molecule has 0 spiro atoms. The second-order valence-corrected chi connectivity index (χ2v) is 6.93. The third-order valence-electron chi connectivity index (χ3n) is 5.02. The van der Waals surface area contributed by atoms with Crippen molar-refractivity contribution in [1.29, 1.82) is 0 Å². The highest BCUT2D eigenvalue weighted by Crippen LogP contribution is 2.45. The number of aryl methyl sites for hydroxylation is 2. The number of oxazole rings is 1. The summed E-state index contributed by atoms with van der Waals surface area (Å²) >= 11 is 0. The van der Waals surface area contributed by atoms with Gasteiger partial charge in [-0.2, -0.15) is 13.2 Å². The molecule has 1 atom stereocenters. The van der Waals surface area contributed by atoms with E-state index in [1.807, 2.05) is 31.2 Å². The van der Waals surface area contributed by atoms with Gasteiger partial charge in [-0.15, -0.1) is 0 Å². The number of rotatable bonds is 5. The van der Waals surface area contributed by atoms with Gasteiger partial charge in [-0.3, -0.25) is 9.59 Å². The normalized spacial score (nSPS) is 19.8. The molecule has 6 nitrogen and oxygen atoms in total. The number of carbonyl (C=O) groups is 2. The van der Waals surface area contributed by atoms with Gasteiger partial charge in [0, 0.05) is 31.5 Å². The summed E-state index contributed by atoms with van der Waals surface area (Å²) in [4.78, 5) is 28.5. The number of carbonyl (C=O) groups excluding carboxylic acids is 1. The van der Waals surface area contributed by atoms with Crippen molar-refractivity contribution in [3.8, 4) is 11.3 Å². The first-order chi connectivity index (χ1) is 13.1. The Balaban J connectivity index is 1.61. The number of aliphatic carboxylic acids is 1. The molecule has 1 amide bonds. The fourth-order valence-electron chi connectivity index (χ4n) is 3.20. The van der Waals surface area contributed by atoms with Crippen LogP contribution in [0.15, 0.2) is 34.9 Å². The Morgan fingerprint density at radius 1 is 1.29 bits per heavy atom. The summed E-state index contributed by atoms with van der Waals surface area (Å²) in [5, 5.41) is 9.05. The number of halogens is 3. The van der Waals surface area contributed by atoms with E-state index in [1.54, 1.807) is 0 Å². The highest BCUT2D eigenvalue weighted by Gasteiger charge is 2.64. The number of carboxylic acid groups (broad SMARTS) is 1. The predicted octanol–water partition coefficient (Wildman–Crippen LogP) is 3.45. The lowest BCUT2D eigenvalue weighted by molar-refractivity contribution is -0.227. The van der Waals surface area contributed by atoms with Crippen molar-refractivity contribution >= 4 is 11.9 Å². The zero-order chi connectivity index (χ0) is 20.5. The van der Waals surface area contributed by atoms with Gasteiger partial charge >= 0.3 is 12.1 Å². The lowest BCUT2D eigenvalue weighted by atomic mass is 9.86. The van der Waals surface area contributed by atoms with Crippen molar-refractivity contribution in [3.63, 3.8) is 0 Å². The topological polar surface area (TPSA) is 83.6 Å². The number of aromatic nitrogens is 1. The van der Waals surface area contributed by atoms with E-state index in [0.717, 1.165) is 16.0 Å². The van der Waals surface area contributed by atoms with E-state index < -0.39 is 36.4 Å². The van der Waals surface area contributed by atoms with Crippen LogP contribution in [0.4, 0.5) is 13.2 Å². The van der Waals surface area contributed by atoms with Crippen molar-refractivity contribution < 1.29 is 32.3 Å². The molecule has 0 saturated carbocycles. The summed E-state index contributed by atoms with van der Waals surface area (Å²) in [5.74, 6) is -1.68. The van der Waals surface area contributed by atoms with Crippen LogP contribution in [0.2, 0.25) is 0 Å². The van der Waals surface area contributed by atoms with E-state index in [9.17, 15) is 22.8 Å². The molecule has 1 aromatic carbocycles. The predicted molar refractivity (Wildman–Crippen MR) is 92.3 cm³/mol. The second-order valence-electron chi connectivity index (χ2n) is 6.93. The zero-order valence-corrected chi connectivity index (χ0v) is 15.1. The molecule has 2 aromatic rings. The molecule has 0 aliphatic carbocycles. The average Bonchev–Trinajstić information content (AvgIpc) is 3.28. The van der Waals surface area contributed by atoms with Crippen LogP contribution in [0.1, 0.15) is 24.3 Å². The average molecular weight is 396 g/mol. The van der Waals surface area contributed by atoms with Crippen molar-refractivity contribution in [3.05, 3.63) is 41.9 Å². The molecule has 0 bridgehead atoms. The number of amides is 1. The summed E-state index contributed by atoms with van der Waals surface area (Å²) in [5.41, 5.74) is -0.980. The maximum Gasteiger partial charge on any atom is 0.406 e. The van der Waals surface area contributed by atoms with Crippen LogP contribution in [0.3, 0.4) is 0 Å². The van der Waals surface area contributed by atoms with Crippen molar-refractivity contribution in [2.45, 2.75) is 32.4 Å². The number of alkyl halides is 3. The first kappa shape index (κ1) is 19.9. The lowest BCUT2D eigenvalue weighted by Gasteiger charge is -2.27. The van der Waals surface area contributed by atoms with E-state index in [-0.39, 0.29) is 19.4 Å². The monoisotopic (exact) mass is 396 g/mol. The molecule has 28 heavy (non-hydrogen) atoms. The highest BCUT2D eigenvalue weighted by molar-refractivity contribution is 5.81. The van der Waals surface area contributed by atoms with Gasteiger partial charge in [-0.05, 0) is 13.3 Å². The molecule has 1 unspecified atom stereocenters. The highest BCUT2D eigenvalue weighted by atomic mass is 19.4. The van der Waals surface area contributed by atoms with Crippen LogP contribution < -0.4 is 0 Å². The third-order valence-corrected chi connectivity index (χ3v) is 5.02.